The lowest BCUT2D eigenvalue weighted by Crippen LogP contribution is -2.38. The predicted octanol–water partition coefficient (Wildman–Crippen LogP) is 1.27. The van der Waals surface area contributed by atoms with Gasteiger partial charge in [0.25, 0.3) is 11.8 Å². The quantitative estimate of drug-likeness (QED) is 0.511. The topological polar surface area (TPSA) is 37.4 Å². The molecular weight excluding hydrogens is 190 g/mol. The first-order valence-corrected chi connectivity index (χ1v) is 4.78. The van der Waals surface area contributed by atoms with Crippen LogP contribution in [0.15, 0.2) is 23.8 Å². The van der Waals surface area contributed by atoms with Crippen molar-refractivity contribution in [3.05, 3.63) is 23.8 Å². The Morgan fingerprint density at radius 1 is 1.53 bits per heavy atom. The van der Waals surface area contributed by atoms with E-state index in [9.17, 15) is 9.59 Å². The molecule has 1 aliphatic rings. The Kier molecular flexibility index (Phi) is 3.11. The van der Waals surface area contributed by atoms with E-state index < -0.39 is 6.04 Å². The molecule has 1 atom stereocenters. The van der Waals surface area contributed by atoms with E-state index in [1.54, 1.807) is 6.92 Å². The highest BCUT2D eigenvalue weighted by molar-refractivity contribution is 6.20. The number of nitrogens with zero attached hydrogens (tertiary/aromatic N) is 1. The minimum absolute atomic E-state index is 0.289. The molecule has 1 aliphatic heterocycles. The second-order valence-corrected chi connectivity index (χ2v) is 3.27. The van der Waals surface area contributed by atoms with Crippen molar-refractivity contribution in [2.24, 2.45) is 0 Å². The normalized spacial score (nSPS) is 18.1. The fraction of sp³-hybridized carbons (Fsp3) is 0.333. The summed E-state index contributed by atoms with van der Waals surface area (Å²) >= 11 is 0. The van der Waals surface area contributed by atoms with E-state index in [0.717, 1.165) is 4.90 Å². The molecule has 0 aromatic heterocycles. The summed E-state index contributed by atoms with van der Waals surface area (Å²) in [5.41, 5.74) is 0.877. The van der Waals surface area contributed by atoms with Crippen LogP contribution in [0.3, 0.4) is 0 Å². The van der Waals surface area contributed by atoms with Gasteiger partial charge in [0.1, 0.15) is 0 Å². The Balaban J connectivity index is 3.17. The van der Waals surface area contributed by atoms with E-state index in [1.807, 2.05) is 6.92 Å². The van der Waals surface area contributed by atoms with Gasteiger partial charge in [0.2, 0.25) is 0 Å². The Bertz CT molecular complexity index is 398. The molecule has 1 unspecified atom stereocenters. The zero-order valence-corrected chi connectivity index (χ0v) is 8.91. The van der Waals surface area contributed by atoms with Crippen LogP contribution < -0.4 is 0 Å². The summed E-state index contributed by atoms with van der Waals surface area (Å²) in [5, 5.41) is 0. The van der Waals surface area contributed by atoms with Crippen LogP contribution >= 0.6 is 0 Å². The zero-order chi connectivity index (χ0) is 11.6. The van der Waals surface area contributed by atoms with E-state index >= 15 is 0 Å². The van der Waals surface area contributed by atoms with Crippen LogP contribution in [-0.4, -0.2) is 22.8 Å². The molecule has 2 amide bonds. The van der Waals surface area contributed by atoms with Gasteiger partial charge in [-0.1, -0.05) is 25.5 Å². The van der Waals surface area contributed by atoms with Gasteiger partial charge in [-0.2, -0.15) is 0 Å². The van der Waals surface area contributed by atoms with Crippen LogP contribution in [0.5, 0.6) is 0 Å². The molecule has 3 nitrogen and oxygen atoms in total. The molecule has 0 N–H and O–H groups in total. The molecule has 78 valence electrons. The standard InChI is InChI=1S/C12H13NO2/c1-5-8(4)13-11(14)9(6-2)10(7-3)12(13)15/h1,6,8H,2,7H2,3-4H3. The van der Waals surface area contributed by atoms with Crippen LogP contribution in [0.4, 0.5) is 0 Å². The van der Waals surface area contributed by atoms with Crippen molar-refractivity contribution >= 4 is 11.8 Å². The summed E-state index contributed by atoms with van der Waals surface area (Å²) in [6.45, 7) is 7.01. The summed E-state index contributed by atoms with van der Waals surface area (Å²) in [6.07, 6.45) is 7.14. The summed E-state index contributed by atoms with van der Waals surface area (Å²) in [7, 11) is 0. The third-order valence-corrected chi connectivity index (χ3v) is 2.44. The number of carbonyl (C=O) groups excluding carboxylic acids is 2. The predicted molar refractivity (Wildman–Crippen MR) is 57.7 cm³/mol. The van der Waals surface area contributed by atoms with Crippen LogP contribution in [-0.2, 0) is 9.59 Å². The van der Waals surface area contributed by atoms with Crippen molar-refractivity contribution in [3.8, 4) is 12.3 Å². The maximum atomic E-state index is 11.8. The first-order chi connectivity index (χ1) is 7.08. The molecule has 0 aromatic rings. The molecule has 0 aromatic carbocycles. The Morgan fingerprint density at radius 2 is 2.13 bits per heavy atom. The first kappa shape index (κ1) is 11.3. The Labute approximate surface area is 89.5 Å². The fourth-order valence-electron chi connectivity index (χ4n) is 1.59. The SMILES string of the molecule is C#CC(C)N1C(=O)C(C=C)=C(CC)C1=O. The van der Waals surface area contributed by atoms with Crippen molar-refractivity contribution in [3.63, 3.8) is 0 Å². The van der Waals surface area contributed by atoms with E-state index in [2.05, 4.69) is 12.5 Å². The summed E-state index contributed by atoms with van der Waals surface area (Å²) < 4.78 is 0. The Morgan fingerprint density at radius 3 is 2.47 bits per heavy atom. The van der Waals surface area contributed by atoms with Crippen LogP contribution in [0, 0.1) is 12.3 Å². The van der Waals surface area contributed by atoms with Gasteiger partial charge in [-0.25, -0.2) is 0 Å². The van der Waals surface area contributed by atoms with Crippen molar-refractivity contribution < 1.29 is 9.59 Å². The smallest absolute Gasteiger partial charge is 0.262 e. The highest BCUT2D eigenvalue weighted by atomic mass is 16.2. The third kappa shape index (κ3) is 1.59. The molecule has 0 radical (unpaired) electrons. The van der Waals surface area contributed by atoms with Crippen molar-refractivity contribution in [1.82, 2.24) is 4.90 Å². The number of carbonyl (C=O) groups is 2. The fourth-order valence-corrected chi connectivity index (χ4v) is 1.59. The molecule has 15 heavy (non-hydrogen) atoms. The lowest BCUT2D eigenvalue weighted by molar-refractivity contribution is -0.138. The highest BCUT2D eigenvalue weighted by Crippen LogP contribution is 2.25. The summed E-state index contributed by atoms with van der Waals surface area (Å²) in [5.74, 6) is 1.76. The molecule has 1 heterocycles. The second-order valence-electron chi connectivity index (χ2n) is 3.27. The van der Waals surface area contributed by atoms with Gasteiger partial charge in [0.05, 0.1) is 6.04 Å². The minimum atomic E-state index is -0.510. The first-order valence-electron chi connectivity index (χ1n) is 4.78. The molecule has 3 heteroatoms. The summed E-state index contributed by atoms with van der Waals surface area (Å²) in [6, 6.07) is -0.510. The van der Waals surface area contributed by atoms with E-state index in [-0.39, 0.29) is 11.8 Å². The Hall–Kier alpha value is -1.82. The monoisotopic (exact) mass is 203 g/mol. The van der Waals surface area contributed by atoms with E-state index in [4.69, 9.17) is 6.42 Å². The van der Waals surface area contributed by atoms with Gasteiger partial charge in [-0.05, 0) is 13.3 Å². The number of amides is 2. The molecule has 1 rings (SSSR count). The van der Waals surface area contributed by atoms with Gasteiger partial charge >= 0.3 is 0 Å². The molecule has 0 fully saturated rings. The van der Waals surface area contributed by atoms with Gasteiger partial charge < -0.3 is 0 Å². The number of terminal acetylenes is 1. The van der Waals surface area contributed by atoms with Gasteiger partial charge in [-0.15, -0.1) is 6.42 Å². The maximum Gasteiger partial charge on any atom is 0.262 e. The number of hydrogen-bond acceptors (Lipinski definition) is 2. The van der Waals surface area contributed by atoms with Gasteiger partial charge in [-0.3, -0.25) is 14.5 Å². The van der Waals surface area contributed by atoms with Crippen molar-refractivity contribution in [2.45, 2.75) is 26.3 Å². The average molecular weight is 203 g/mol. The number of hydrogen-bond donors (Lipinski definition) is 0. The number of rotatable bonds is 3. The second kappa shape index (κ2) is 4.14. The van der Waals surface area contributed by atoms with Crippen LogP contribution in [0.2, 0.25) is 0 Å². The largest absolute Gasteiger partial charge is 0.269 e. The minimum Gasteiger partial charge on any atom is -0.269 e. The molecular formula is C12H13NO2. The van der Waals surface area contributed by atoms with Crippen molar-refractivity contribution in [2.75, 3.05) is 0 Å². The average Bonchev–Trinajstić information content (AvgIpc) is 2.48. The van der Waals surface area contributed by atoms with E-state index in [0.29, 0.717) is 17.6 Å². The van der Waals surface area contributed by atoms with Crippen LogP contribution in [0.25, 0.3) is 0 Å². The highest BCUT2D eigenvalue weighted by Gasteiger charge is 2.37. The molecule has 0 saturated carbocycles. The molecule has 0 bridgehead atoms. The molecule has 0 aliphatic carbocycles. The lowest BCUT2D eigenvalue weighted by atomic mass is 10.1. The van der Waals surface area contributed by atoms with Crippen LogP contribution in [0.1, 0.15) is 20.3 Å². The number of imide groups is 1. The molecule has 0 saturated heterocycles. The summed E-state index contributed by atoms with van der Waals surface area (Å²) in [4.78, 5) is 24.7. The lowest BCUT2D eigenvalue weighted by Gasteiger charge is -2.18. The van der Waals surface area contributed by atoms with Gasteiger partial charge in [0, 0.05) is 11.1 Å². The third-order valence-electron chi connectivity index (χ3n) is 2.44. The van der Waals surface area contributed by atoms with E-state index in [1.165, 1.54) is 6.08 Å². The van der Waals surface area contributed by atoms with Crippen molar-refractivity contribution in [1.29, 1.82) is 0 Å². The molecule has 0 spiro atoms. The van der Waals surface area contributed by atoms with Gasteiger partial charge in [0.15, 0.2) is 0 Å². The zero-order valence-electron chi connectivity index (χ0n) is 8.91. The maximum absolute atomic E-state index is 11.8.